The van der Waals surface area contributed by atoms with Gasteiger partial charge in [0, 0.05) is 12.6 Å². The molecule has 2 amide bonds. The molecule has 0 radical (unpaired) electrons. The first-order chi connectivity index (χ1) is 15.5. The topological polar surface area (TPSA) is 58.6 Å². The van der Waals surface area contributed by atoms with Crippen molar-refractivity contribution in [3.8, 4) is 5.75 Å². The average molecular weight is 501 g/mol. The first kappa shape index (κ1) is 24.3. The molecule has 1 aliphatic rings. The minimum Gasteiger partial charge on any atom is -0.483 e. The second-order valence-electron chi connectivity index (χ2n) is 8.33. The van der Waals surface area contributed by atoms with Crippen LogP contribution in [-0.2, 0) is 22.6 Å². The van der Waals surface area contributed by atoms with Gasteiger partial charge in [-0.3, -0.25) is 9.59 Å². The van der Waals surface area contributed by atoms with Gasteiger partial charge in [-0.2, -0.15) is 0 Å². The number of aryl methyl sites for hydroxylation is 1. The molecule has 2 aromatic carbocycles. The van der Waals surface area contributed by atoms with Crippen LogP contribution in [0.5, 0.6) is 5.75 Å². The summed E-state index contributed by atoms with van der Waals surface area (Å²) in [6.45, 7) is 4.29. The molecule has 1 fully saturated rings. The van der Waals surface area contributed by atoms with Gasteiger partial charge in [-0.15, -0.1) is 0 Å². The minimum absolute atomic E-state index is 0.0721. The van der Waals surface area contributed by atoms with Crippen LogP contribution in [0, 0.1) is 0 Å². The molecular formula is C26H33BrN2O3. The fraction of sp³-hybridized carbons (Fsp3) is 0.462. The van der Waals surface area contributed by atoms with E-state index in [0.29, 0.717) is 18.7 Å². The normalized spacial score (nSPS) is 14.7. The van der Waals surface area contributed by atoms with Crippen LogP contribution >= 0.6 is 15.9 Å². The van der Waals surface area contributed by atoms with Crippen molar-refractivity contribution < 1.29 is 14.3 Å². The smallest absolute Gasteiger partial charge is 0.261 e. The summed E-state index contributed by atoms with van der Waals surface area (Å²) in [5.74, 6) is 0.351. The lowest BCUT2D eigenvalue weighted by atomic mass is 10.1. The zero-order valence-electron chi connectivity index (χ0n) is 19.0. The Morgan fingerprint density at radius 3 is 2.44 bits per heavy atom. The Bertz CT molecular complexity index is 897. The van der Waals surface area contributed by atoms with Gasteiger partial charge in [0.05, 0.1) is 4.47 Å². The molecule has 1 aliphatic carbocycles. The number of carbonyl (C=O) groups excluding carboxylic acids is 2. The Morgan fingerprint density at radius 2 is 1.81 bits per heavy atom. The van der Waals surface area contributed by atoms with Crippen LogP contribution in [0.3, 0.4) is 0 Å². The molecule has 0 aromatic heterocycles. The van der Waals surface area contributed by atoms with Crippen LogP contribution in [0.15, 0.2) is 53.0 Å². The summed E-state index contributed by atoms with van der Waals surface area (Å²) in [5.41, 5.74) is 2.18. The summed E-state index contributed by atoms with van der Waals surface area (Å²) in [7, 11) is 0. The van der Waals surface area contributed by atoms with Crippen molar-refractivity contribution in [1.29, 1.82) is 0 Å². The first-order valence-corrected chi connectivity index (χ1v) is 12.4. The molecule has 0 heterocycles. The van der Waals surface area contributed by atoms with Gasteiger partial charge in [-0.25, -0.2) is 0 Å². The van der Waals surface area contributed by atoms with E-state index in [1.807, 2.05) is 55.5 Å². The predicted molar refractivity (Wildman–Crippen MR) is 130 cm³/mol. The van der Waals surface area contributed by atoms with E-state index in [1.54, 1.807) is 4.90 Å². The number of hydrogen-bond acceptors (Lipinski definition) is 3. The lowest BCUT2D eigenvalue weighted by Crippen LogP contribution is -2.52. The SMILES string of the molecule is CCc1ccc(OCC(=O)N(Cc2ccccc2)[C@@H](CC)C(=O)NC2CCCC2)c(Br)c1. The van der Waals surface area contributed by atoms with E-state index >= 15 is 0 Å². The van der Waals surface area contributed by atoms with E-state index in [1.165, 1.54) is 5.56 Å². The highest BCUT2D eigenvalue weighted by Crippen LogP contribution is 2.26. The van der Waals surface area contributed by atoms with Gasteiger partial charge in [0.1, 0.15) is 11.8 Å². The molecule has 3 rings (SSSR count). The number of halogens is 1. The van der Waals surface area contributed by atoms with Crippen LogP contribution in [0.2, 0.25) is 0 Å². The molecule has 0 spiro atoms. The molecule has 0 saturated heterocycles. The van der Waals surface area contributed by atoms with E-state index in [-0.39, 0.29) is 24.5 Å². The third kappa shape index (κ3) is 6.58. The van der Waals surface area contributed by atoms with Gasteiger partial charge in [-0.1, -0.05) is 63.1 Å². The quantitative estimate of drug-likeness (QED) is 0.484. The van der Waals surface area contributed by atoms with Gasteiger partial charge in [0.25, 0.3) is 5.91 Å². The predicted octanol–water partition coefficient (Wildman–Crippen LogP) is 5.26. The lowest BCUT2D eigenvalue weighted by Gasteiger charge is -2.31. The van der Waals surface area contributed by atoms with Crippen molar-refractivity contribution in [2.75, 3.05) is 6.61 Å². The highest BCUT2D eigenvalue weighted by atomic mass is 79.9. The van der Waals surface area contributed by atoms with Gasteiger partial charge < -0.3 is 15.0 Å². The summed E-state index contributed by atoms with van der Waals surface area (Å²) in [5, 5.41) is 3.17. The summed E-state index contributed by atoms with van der Waals surface area (Å²) in [4.78, 5) is 28.1. The fourth-order valence-electron chi connectivity index (χ4n) is 4.17. The standard InChI is InChI=1S/C26H33BrN2O3/c1-3-19-14-15-24(22(27)16-19)32-18-25(30)29(17-20-10-6-5-7-11-20)23(4-2)26(31)28-21-12-8-9-13-21/h5-7,10-11,14-16,21,23H,3-4,8-9,12-13,17-18H2,1-2H3,(H,28,31)/t23-/m0/s1. The number of nitrogens with zero attached hydrogens (tertiary/aromatic N) is 1. The van der Waals surface area contributed by atoms with E-state index < -0.39 is 6.04 Å². The number of amides is 2. The molecule has 5 nitrogen and oxygen atoms in total. The molecule has 172 valence electrons. The van der Waals surface area contributed by atoms with Crippen LogP contribution < -0.4 is 10.1 Å². The minimum atomic E-state index is -0.530. The molecule has 1 saturated carbocycles. The van der Waals surface area contributed by atoms with Crippen molar-refractivity contribution in [1.82, 2.24) is 10.2 Å². The second-order valence-corrected chi connectivity index (χ2v) is 9.18. The highest BCUT2D eigenvalue weighted by molar-refractivity contribution is 9.10. The molecule has 1 atom stereocenters. The van der Waals surface area contributed by atoms with Crippen LogP contribution in [-0.4, -0.2) is 35.4 Å². The van der Waals surface area contributed by atoms with Crippen molar-refractivity contribution in [3.63, 3.8) is 0 Å². The van der Waals surface area contributed by atoms with Gasteiger partial charge in [0.2, 0.25) is 5.91 Å². The van der Waals surface area contributed by atoms with Crippen molar-refractivity contribution in [2.45, 2.75) is 71.0 Å². The molecule has 2 aromatic rings. The average Bonchev–Trinajstić information content (AvgIpc) is 3.31. The third-order valence-corrected chi connectivity index (χ3v) is 6.66. The van der Waals surface area contributed by atoms with Crippen LogP contribution in [0.4, 0.5) is 0 Å². The van der Waals surface area contributed by atoms with E-state index in [9.17, 15) is 9.59 Å². The first-order valence-electron chi connectivity index (χ1n) is 11.6. The van der Waals surface area contributed by atoms with E-state index in [0.717, 1.165) is 42.1 Å². The lowest BCUT2D eigenvalue weighted by molar-refractivity contribution is -0.143. The van der Waals surface area contributed by atoms with Crippen LogP contribution in [0.1, 0.15) is 57.1 Å². The number of ether oxygens (including phenoxy) is 1. The molecule has 6 heteroatoms. The Balaban J connectivity index is 1.74. The maximum absolute atomic E-state index is 13.3. The molecule has 0 unspecified atom stereocenters. The van der Waals surface area contributed by atoms with E-state index in [2.05, 4.69) is 28.2 Å². The number of nitrogens with one attached hydrogen (secondary N) is 1. The molecular weight excluding hydrogens is 468 g/mol. The summed E-state index contributed by atoms with van der Waals surface area (Å²) in [6.07, 6.45) is 5.80. The number of rotatable bonds is 10. The Kier molecular flexibility index (Phi) is 9.15. The van der Waals surface area contributed by atoms with Crippen molar-refractivity contribution in [2.24, 2.45) is 0 Å². The number of carbonyl (C=O) groups is 2. The number of hydrogen-bond donors (Lipinski definition) is 1. The molecule has 0 bridgehead atoms. The largest absolute Gasteiger partial charge is 0.483 e. The van der Waals surface area contributed by atoms with E-state index in [4.69, 9.17) is 4.74 Å². The Morgan fingerprint density at radius 1 is 1.09 bits per heavy atom. The molecule has 32 heavy (non-hydrogen) atoms. The van der Waals surface area contributed by atoms with Gasteiger partial charge in [-0.05, 0) is 64.9 Å². The fourth-order valence-corrected chi connectivity index (χ4v) is 4.71. The zero-order valence-corrected chi connectivity index (χ0v) is 20.6. The van der Waals surface area contributed by atoms with Gasteiger partial charge >= 0.3 is 0 Å². The zero-order chi connectivity index (χ0) is 22.9. The number of benzene rings is 2. The Hall–Kier alpha value is -2.34. The summed E-state index contributed by atoms with van der Waals surface area (Å²) >= 11 is 3.53. The summed E-state index contributed by atoms with van der Waals surface area (Å²) in [6, 6.07) is 15.4. The van der Waals surface area contributed by atoms with Gasteiger partial charge in [0.15, 0.2) is 6.61 Å². The highest BCUT2D eigenvalue weighted by Gasteiger charge is 2.30. The third-order valence-electron chi connectivity index (χ3n) is 6.04. The Labute approximate surface area is 199 Å². The maximum Gasteiger partial charge on any atom is 0.261 e. The molecule has 1 N–H and O–H groups in total. The summed E-state index contributed by atoms with van der Waals surface area (Å²) < 4.78 is 6.68. The monoisotopic (exact) mass is 500 g/mol. The molecule has 0 aliphatic heterocycles. The van der Waals surface area contributed by atoms with Crippen molar-refractivity contribution in [3.05, 3.63) is 64.1 Å². The van der Waals surface area contributed by atoms with Crippen LogP contribution in [0.25, 0.3) is 0 Å². The second kappa shape index (κ2) is 12.0. The van der Waals surface area contributed by atoms with Crippen molar-refractivity contribution >= 4 is 27.7 Å². The maximum atomic E-state index is 13.3.